The van der Waals surface area contributed by atoms with E-state index in [0.29, 0.717) is 6.54 Å². The summed E-state index contributed by atoms with van der Waals surface area (Å²) in [7, 11) is 0. The minimum atomic E-state index is -0.799. The Labute approximate surface area is 161 Å². The average molecular weight is 382 g/mol. The first kappa shape index (κ1) is 21.6. The van der Waals surface area contributed by atoms with Gasteiger partial charge in [-0.1, -0.05) is 13.3 Å². The molecule has 1 heterocycles. The van der Waals surface area contributed by atoms with E-state index in [-0.39, 0.29) is 35.4 Å². The normalized spacial score (nSPS) is 18.9. The zero-order valence-corrected chi connectivity index (χ0v) is 17.1. The average Bonchev–Trinajstić information content (AvgIpc) is 2.51. The van der Waals surface area contributed by atoms with Gasteiger partial charge in [-0.2, -0.15) is 0 Å². The van der Waals surface area contributed by atoms with Gasteiger partial charge in [0.2, 0.25) is 0 Å². The number of nitrogens with zero attached hydrogens (tertiary/aromatic N) is 1. The standard InChI is InChI=1S/C21H32F2N2O2/c1-6-7-10-25(16-12-20(2,3)24-21(4,5)13-16)19(26)14-27-18-9-8-15(22)11-17(18)23/h8-9,11,16,24H,6-7,10,12-14H2,1-5H3. The third kappa shape index (κ3) is 6.16. The summed E-state index contributed by atoms with van der Waals surface area (Å²) in [6.07, 6.45) is 3.57. The Kier molecular flexibility index (Phi) is 6.84. The molecule has 1 aromatic rings. The first-order valence-electron chi connectivity index (χ1n) is 9.70. The van der Waals surface area contributed by atoms with Crippen molar-refractivity contribution in [3.8, 4) is 5.75 Å². The van der Waals surface area contributed by atoms with Gasteiger partial charge >= 0.3 is 0 Å². The molecule has 0 radical (unpaired) electrons. The van der Waals surface area contributed by atoms with E-state index in [9.17, 15) is 13.6 Å². The van der Waals surface area contributed by atoms with Crippen LogP contribution in [0.2, 0.25) is 0 Å². The summed E-state index contributed by atoms with van der Waals surface area (Å²) in [5, 5.41) is 3.63. The van der Waals surface area contributed by atoms with Crippen LogP contribution in [-0.4, -0.2) is 41.1 Å². The number of unbranched alkanes of at least 4 members (excludes halogenated alkanes) is 1. The Hall–Kier alpha value is -1.69. The summed E-state index contributed by atoms with van der Waals surface area (Å²) >= 11 is 0. The van der Waals surface area contributed by atoms with Crippen molar-refractivity contribution in [1.82, 2.24) is 10.2 Å². The number of carbonyl (C=O) groups excluding carboxylic acids is 1. The molecular weight excluding hydrogens is 350 g/mol. The fraction of sp³-hybridized carbons (Fsp3) is 0.667. The van der Waals surface area contributed by atoms with Gasteiger partial charge in [0.25, 0.3) is 5.91 Å². The lowest BCUT2D eigenvalue weighted by Crippen LogP contribution is -2.63. The molecule has 1 aromatic carbocycles. The summed E-state index contributed by atoms with van der Waals surface area (Å²) < 4.78 is 32.2. The molecule has 27 heavy (non-hydrogen) atoms. The second-order valence-corrected chi connectivity index (χ2v) is 8.76. The lowest BCUT2D eigenvalue weighted by atomic mass is 9.79. The Bertz CT molecular complexity index is 646. The van der Waals surface area contributed by atoms with Crippen LogP contribution in [0.3, 0.4) is 0 Å². The van der Waals surface area contributed by atoms with Gasteiger partial charge in [-0.15, -0.1) is 0 Å². The van der Waals surface area contributed by atoms with E-state index >= 15 is 0 Å². The predicted octanol–water partition coefficient (Wildman–Crippen LogP) is 4.28. The van der Waals surface area contributed by atoms with E-state index in [1.54, 1.807) is 0 Å². The molecule has 0 atom stereocenters. The topological polar surface area (TPSA) is 41.6 Å². The van der Waals surface area contributed by atoms with Crippen molar-refractivity contribution in [2.24, 2.45) is 0 Å². The van der Waals surface area contributed by atoms with Crippen LogP contribution in [0.5, 0.6) is 5.75 Å². The molecule has 2 rings (SSSR count). The van der Waals surface area contributed by atoms with Crippen LogP contribution in [0.4, 0.5) is 8.78 Å². The predicted molar refractivity (Wildman–Crippen MR) is 103 cm³/mol. The fourth-order valence-corrected chi connectivity index (χ4v) is 4.14. The maximum Gasteiger partial charge on any atom is 0.260 e. The molecule has 4 nitrogen and oxygen atoms in total. The second kappa shape index (κ2) is 8.55. The zero-order chi connectivity index (χ0) is 20.2. The Morgan fingerprint density at radius 1 is 1.22 bits per heavy atom. The highest BCUT2D eigenvalue weighted by atomic mass is 19.1. The molecule has 0 aliphatic carbocycles. The summed E-state index contributed by atoms with van der Waals surface area (Å²) in [4.78, 5) is 14.8. The van der Waals surface area contributed by atoms with Gasteiger partial charge in [-0.05, 0) is 59.1 Å². The van der Waals surface area contributed by atoms with Crippen LogP contribution >= 0.6 is 0 Å². The number of benzene rings is 1. The van der Waals surface area contributed by atoms with Gasteiger partial charge in [0.1, 0.15) is 5.82 Å². The maximum absolute atomic E-state index is 13.8. The monoisotopic (exact) mass is 382 g/mol. The van der Waals surface area contributed by atoms with Gasteiger partial charge in [0.15, 0.2) is 18.2 Å². The number of amides is 1. The minimum Gasteiger partial charge on any atom is -0.481 e. The van der Waals surface area contributed by atoms with Crippen molar-refractivity contribution >= 4 is 5.91 Å². The van der Waals surface area contributed by atoms with Crippen LogP contribution in [0.1, 0.15) is 60.3 Å². The van der Waals surface area contributed by atoms with Crippen LogP contribution in [0.25, 0.3) is 0 Å². The lowest BCUT2D eigenvalue weighted by Gasteiger charge is -2.49. The molecule has 1 fully saturated rings. The third-order valence-corrected chi connectivity index (χ3v) is 4.93. The van der Waals surface area contributed by atoms with Crippen molar-refractivity contribution in [3.63, 3.8) is 0 Å². The first-order chi connectivity index (χ1) is 12.5. The molecule has 1 amide bonds. The molecule has 0 unspecified atom stereocenters. The van der Waals surface area contributed by atoms with Crippen molar-refractivity contribution < 1.29 is 18.3 Å². The second-order valence-electron chi connectivity index (χ2n) is 8.76. The number of halogens is 2. The van der Waals surface area contributed by atoms with Gasteiger partial charge < -0.3 is 15.0 Å². The number of hydrogen-bond acceptors (Lipinski definition) is 3. The van der Waals surface area contributed by atoms with Gasteiger partial charge in [-0.3, -0.25) is 4.79 Å². The smallest absolute Gasteiger partial charge is 0.260 e. The molecule has 1 aliphatic heterocycles. The van der Waals surface area contributed by atoms with Crippen molar-refractivity contribution in [3.05, 3.63) is 29.8 Å². The summed E-state index contributed by atoms with van der Waals surface area (Å²) in [5.41, 5.74) is -0.165. The Balaban J connectivity index is 2.11. The molecule has 0 aromatic heterocycles. The largest absolute Gasteiger partial charge is 0.481 e. The van der Waals surface area contributed by atoms with Crippen molar-refractivity contribution in [1.29, 1.82) is 0 Å². The summed E-state index contributed by atoms with van der Waals surface area (Å²) in [6.45, 7) is 11.1. The summed E-state index contributed by atoms with van der Waals surface area (Å²) in [6, 6.07) is 3.18. The number of nitrogens with one attached hydrogen (secondary N) is 1. The third-order valence-electron chi connectivity index (χ3n) is 4.93. The number of hydrogen-bond donors (Lipinski definition) is 1. The fourth-order valence-electron chi connectivity index (χ4n) is 4.14. The number of piperidine rings is 1. The highest BCUT2D eigenvalue weighted by molar-refractivity contribution is 5.78. The lowest BCUT2D eigenvalue weighted by molar-refractivity contribution is -0.137. The molecule has 1 N–H and O–H groups in total. The highest BCUT2D eigenvalue weighted by Crippen LogP contribution is 2.32. The molecule has 0 spiro atoms. The van der Waals surface area contributed by atoms with Crippen molar-refractivity contribution in [2.45, 2.75) is 77.4 Å². The van der Waals surface area contributed by atoms with Crippen molar-refractivity contribution in [2.75, 3.05) is 13.2 Å². The van der Waals surface area contributed by atoms with Gasteiger partial charge in [0, 0.05) is 29.7 Å². The van der Waals surface area contributed by atoms with E-state index < -0.39 is 11.6 Å². The minimum absolute atomic E-state index is 0.0823. The molecule has 1 aliphatic rings. The van der Waals surface area contributed by atoms with E-state index in [4.69, 9.17) is 4.74 Å². The van der Waals surface area contributed by atoms with Crippen LogP contribution in [0, 0.1) is 11.6 Å². The van der Waals surface area contributed by atoms with E-state index in [1.165, 1.54) is 6.07 Å². The maximum atomic E-state index is 13.8. The van der Waals surface area contributed by atoms with E-state index in [0.717, 1.165) is 37.8 Å². The number of ether oxygens (including phenoxy) is 1. The van der Waals surface area contributed by atoms with E-state index in [2.05, 4.69) is 39.9 Å². The van der Waals surface area contributed by atoms with Gasteiger partial charge in [0.05, 0.1) is 0 Å². The Morgan fingerprint density at radius 2 is 1.85 bits per heavy atom. The van der Waals surface area contributed by atoms with E-state index in [1.807, 2.05) is 4.90 Å². The molecule has 0 bridgehead atoms. The molecule has 152 valence electrons. The molecule has 0 saturated carbocycles. The Morgan fingerprint density at radius 3 is 2.41 bits per heavy atom. The zero-order valence-electron chi connectivity index (χ0n) is 17.1. The SMILES string of the molecule is CCCCN(C(=O)COc1ccc(F)cc1F)C1CC(C)(C)NC(C)(C)C1. The highest BCUT2D eigenvalue weighted by Gasteiger charge is 2.41. The first-order valence-corrected chi connectivity index (χ1v) is 9.70. The molecular formula is C21H32F2N2O2. The van der Waals surface area contributed by atoms with Crippen LogP contribution in [-0.2, 0) is 4.79 Å². The number of rotatable bonds is 7. The van der Waals surface area contributed by atoms with Crippen LogP contribution < -0.4 is 10.1 Å². The van der Waals surface area contributed by atoms with Gasteiger partial charge in [-0.25, -0.2) is 8.78 Å². The quantitative estimate of drug-likeness (QED) is 0.765. The number of carbonyl (C=O) groups is 1. The molecule has 6 heteroatoms. The molecule has 1 saturated heterocycles. The summed E-state index contributed by atoms with van der Waals surface area (Å²) in [5.74, 6) is -1.74. The van der Waals surface area contributed by atoms with Crippen LogP contribution in [0.15, 0.2) is 18.2 Å².